The van der Waals surface area contributed by atoms with E-state index in [1.807, 2.05) is 0 Å². The summed E-state index contributed by atoms with van der Waals surface area (Å²) in [7, 11) is 0. The van der Waals surface area contributed by atoms with Gasteiger partial charge in [-0.2, -0.15) is 0 Å². The molecule has 0 aromatic heterocycles. The summed E-state index contributed by atoms with van der Waals surface area (Å²) >= 11 is -3.11. The molecular formula is H6N2Na2O5S. The first-order chi connectivity index (χ1) is 3.73. The molecule has 0 aromatic carbocycles. The van der Waals surface area contributed by atoms with E-state index in [0.717, 1.165) is 0 Å². The van der Waals surface area contributed by atoms with Gasteiger partial charge in [-0.25, -0.2) is 11.8 Å². The van der Waals surface area contributed by atoms with Crippen molar-refractivity contribution in [1.29, 1.82) is 0 Å². The van der Waals surface area contributed by atoms with Crippen LogP contribution in [0.3, 0.4) is 0 Å². The van der Waals surface area contributed by atoms with Crippen LogP contribution in [0.25, 0.3) is 0 Å². The summed E-state index contributed by atoms with van der Waals surface area (Å²) in [6.45, 7) is 0. The maximum absolute atomic E-state index is 8.44. The van der Waals surface area contributed by atoms with E-state index in [0.29, 0.717) is 0 Å². The number of rotatable bonds is 0. The van der Waals surface area contributed by atoms with Crippen molar-refractivity contribution in [2.75, 3.05) is 0 Å². The van der Waals surface area contributed by atoms with Crippen LogP contribution in [0.2, 0.25) is 0 Å². The molecule has 10 heteroatoms. The fourth-order valence-electron chi connectivity index (χ4n) is 0. The van der Waals surface area contributed by atoms with Crippen LogP contribution in [0, 0.1) is 0 Å². The van der Waals surface area contributed by atoms with Gasteiger partial charge in [-0.1, -0.05) is 0 Å². The zero-order chi connectivity index (χ0) is 7.58. The van der Waals surface area contributed by atoms with Gasteiger partial charge < -0.3 is 19.5 Å². The summed E-state index contributed by atoms with van der Waals surface area (Å²) in [4.78, 5) is 0. The Bertz CT molecular complexity index is 40.6. The summed E-state index contributed by atoms with van der Waals surface area (Å²) in [5.74, 6) is 7.00. The molecule has 0 radical (unpaired) electrons. The van der Waals surface area contributed by atoms with Crippen molar-refractivity contribution >= 4 is 11.4 Å². The Morgan fingerprint density at radius 3 is 1.00 bits per heavy atom. The third-order valence-corrected chi connectivity index (χ3v) is 0. The van der Waals surface area contributed by atoms with Crippen molar-refractivity contribution in [1.82, 2.24) is 0 Å². The van der Waals surface area contributed by atoms with Crippen LogP contribution in [0.1, 0.15) is 0 Å². The van der Waals surface area contributed by atoms with Gasteiger partial charge >= 0.3 is 59.1 Å². The molecule has 0 heterocycles. The molecule has 0 rings (SSSR count). The minimum atomic E-state index is -3.11. The fraction of sp³-hybridized carbons (Fsp3) is 0. The minimum Gasteiger partial charge on any atom is -0.784 e. The molecule has 0 bridgehead atoms. The SMILES string of the molecule is NO.NO.O=S([O-])[O-].[Na+].[Na+]. The minimum absolute atomic E-state index is 0. The summed E-state index contributed by atoms with van der Waals surface area (Å²) < 4.78 is 25.3. The molecule has 0 spiro atoms. The van der Waals surface area contributed by atoms with Gasteiger partial charge in [-0.05, 0) is 0 Å². The second-order valence-electron chi connectivity index (χ2n) is 0.204. The number of hydrogen-bond acceptors (Lipinski definition) is 7. The first-order valence-corrected chi connectivity index (χ1v) is 2.02. The molecule has 0 saturated carbocycles. The van der Waals surface area contributed by atoms with E-state index >= 15 is 0 Å². The van der Waals surface area contributed by atoms with Crippen LogP contribution in [0.15, 0.2) is 0 Å². The molecule has 0 unspecified atom stereocenters. The maximum Gasteiger partial charge on any atom is 1.00 e. The summed E-state index contributed by atoms with van der Waals surface area (Å²) in [5.41, 5.74) is 0. The van der Waals surface area contributed by atoms with E-state index < -0.39 is 11.4 Å². The van der Waals surface area contributed by atoms with Crippen molar-refractivity contribution in [3.05, 3.63) is 0 Å². The predicted octanol–water partition coefficient (Wildman–Crippen LogP) is -8.33. The third kappa shape index (κ3) is 216. The predicted molar refractivity (Wildman–Crippen MR) is 21.6 cm³/mol. The van der Waals surface area contributed by atoms with E-state index in [2.05, 4.69) is 11.8 Å². The largest absolute Gasteiger partial charge is 1.00 e. The summed E-state index contributed by atoms with van der Waals surface area (Å²) in [6.07, 6.45) is 0. The van der Waals surface area contributed by atoms with Gasteiger partial charge in [0.1, 0.15) is 0 Å². The molecule has 54 valence electrons. The van der Waals surface area contributed by atoms with Crippen molar-refractivity contribution < 1.29 is 82.8 Å². The number of hydrogen-bond donors (Lipinski definition) is 4. The van der Waals surface area contributed by atoms with Crippen LogP contribution in [-0.2, 0) is 11.4 Å². The van der Waals surface area contributed by atoms with Crippen molar-refractivity contribution in [2.45, 2.75) is 0 Å². The van der Waals surface area contributed by atoms with Crippen molar-refractivity contribution in [3.8, 4) is 0 Å². The molecule has 10 heavy (non-hydrogen) atoms. The van der Waals surface area contributed by atoms with Crippen LogP contribution in [-0.4, -0.2) is 23.7 Å². The molecule has 0 aliphatic carbocycles. The van der Waals surface area contributed by atoms with Crippen LogP contribution < -0.4 is 70.9 Å². The molecule has 0 aliphatic rings. The van der Waals surface area contributed by atoms with Gasteiger partial charge in [0.25, 0.3) is 0 Å². The van der Waals surface area contributed by atoms with Gasteiger partial charge in [0.2, 0.25) is 0 Å². The molecule has 6 N–H and O–H groups in total. The third-order valence-electron chi connectivity index (χ3n) is 0. The van der Waals surface area contributed by atoms with Crippen LogP contribution >= 0.6 is 0 Å². The summed E-state index contributed by atoms with van der Waals surface area (Å²) in [6, 6.07) is 0. The zero-order valence-electron chi connectivity index (χ0n) is 5.68. The van der Waals surface area contributed by atoms with E-state index in [-0.39, 0.29) is 59.1 Å². The van der Waals surface area contributed by atoms with Crippen LogP contribution in [0.4, 0.5) is 0 Å². The van der Waals surface area contributed by atoms with Gasteiger partial charge in [-0.3, -0.25) is 4.21 Å². The summed E-state index contributed by atoms with van der Waals surface area (Å²) in [5, 5.41) is 13.0. The molecule has 0 fully saturated rings. The molecule has 0 atom stereocenters. The molecule has 0 saturated heterocycles. The van der Waals surface area contributed by atoms with Crippen molar-refractivity contribution in [2.24, 2.45) is 11.8 Å². The number of nitrogens with two attached hydrogens (primary N) is 2. The molecule has 0 aliphatic heterocycles. The van der Waals surface area contributed by atoms with E-state index in [4.69, 9.17) is 23.7 Å². The maximum atomic E-state index is 8.44. The van der Waals surface area contributed by atoms with E-state index in [1.165, 1.54) is 0 Å². The topological polar surface area (TPSA) is 156 Å². The standard InChI is InChI=1S/2H3NO.2Na.H2O3S/c2*1-2;;;1-4(2)3/h2*2H,1H2;;;(H2,1,2,3)/q;;2*+1;/p-2. The Morgan fingerprint density at radius 1 is 1.00 bits per heavy atom. The Hall–Kier alpha value is 1.91. The molecular weight excluding hydrogens is 186 g/mol. The zero-order valence-corrected chi connectivity index (χ0v) is 10.5. The fourth-order valence-corrected chi connectivity index (χ4v) is 0. The Balaban J connectivity index is -0.0000000125. The Labute approximate surface area is 105 Å². The molecule has 0 aromatic rings. The molecule has 7 nitrogen and oxygen atoms in total. The van der Waals surface area contributed by atoms with Crippen molar-refractivity contribution in [3.63, 3.8) is 0 Å². The normalized spacial score (nSPS) is 4.70. The first kappa shape index (κ1) is 29.7. The average Bonchev–Trinajstić information content (AvgIpc) is 1.75. The second-order valence-corrected chi connectivity index (χ2v) is 0.612. The van der Waals surface area contributed by atoms with Gasteiger partial charge in [0.05, 0.1) is 0 Å². The van der Waals surface area contributed by atoms with E-state index in [1.54, 1.807) is 0 Å². The Kier molecular flexibility index (Phi) is 132. The average molecular weight is 192 g/mol. The Morgan fingerprint density at radius 2 is 1.00 bits per heavy atom. The monoisotopic (exact) mass is 192 g/mol. The first-order valence-electron chi connectivity index (χ1n) is 1.02. The quantitative estimate of drug-likeness (QED) is 0.168. The van der Waals surface area contributed by atoms with Crippen LogP contribution in [0.5, 0.6) is 0 Å². The van der Waals surface area contributed by atoms with Gasteiger partial charge in [0, 0.05) is 0 Å². The second kappa shape index (κ2) is 44.4. The molecule has 0 amide bonds. The van der Waals surface area contributed by atoms with Gasteiger partial charge in [-0.15, -0.1) is 11.4 Å². The smallest absolute Gasteiger partial charge is 0.784 e. The van der Waals surface area contributed by atoms with E-state index in [9.17, 15) is 0 Å². The van der Waals surface area contributed by atoms with Gasteiger partial charge in [0.15, 0.2) is 0 Å².